The molecule has 1 aromatic carbocycles. The zero-order valence-electron chi connectivity index (χ0n) is 16.7. The first-order valence-electron chi connectivity index (χ1n) is 10.4. The minimum atomic E-state index is -2.64. The van der Waals surface area contributed by atoms with Gasteiger partial charge in [-0.1, -0.05) is 0 Å². The summed E-state index contributed by atoms with van der Waals surface area (Å²) >= 11 is 0. The number of hydrogen-bond donors (Lipinski definition) is 0. The Morgan fingerprint density at radius 1 is 1.24 bits per heavy atom. The third-order valence-corrected chi connectivity index (χ3v) is 6.26. The Kier molecular flexibility index (Phi) is 4.19. The first kappa shape index (κ1) is 18.6. The van der Waals surface area contributed by atoms with Crippen LogP contribution in [-0.2, 0) is 11.2 Å². The second kappa shape index (κ2) is 6.54. The molecule has 5 nitrogen and oxygen atoms in total. The van der Waals surface area contributed by atoms with E-state index in [4.69, 9.17) is 4.74 Å². The Morgan fingerprint density at radius 3 is 2.66 bits per heavy atom. The molecule has 7 heteroatoms. The van der Waals surface area contributed by atoms with Gasteiger partial charge in [0.15, 0.2) is 0 Å². The fourth-order valence-corrected chi connectivity index (χ4v) is 4.52. The number of carbonyl (C=O) groups is 1. The van der Waals surface area contributed by atoms with Crippen LogP contribution in [0.5, 0.6) is 5.75 Å². The van der Waals surface area contributed by atoms with Crippen molar-refractivity contribution < 1.29 is 18.3 Å². The number of nitrogens with zero attached hydrogens (tertiary/aromatic N) is 3. The lowest BCUT2D eigenvalue weighted by atomic mass is 9.89. The van der Waals surface area contributed by atoms with E-state index in [1.165, 1.54) is 0 Å². The fourth-order valence-electron chi connectivity index (χ4n) is 4.52. The van der Waals surface area contributed by atoms with Gasteiger partial charge in [0.1, 0.15) is 11.9 Å². The second-order valence-electron chi connectivity index (χ2n) is 8.66. The van der Waals surface area contributed by atoms with Gasteiger partial charge in [0.25, 0.3) is 5.92 Å². The largest absolute Gasteiger partial charge is 0.489 e. The zero-order chi connectivity index (χ0) is 20.3. The number of halogens is 2. The highest BCUT2D eigenvalue weighted by molar-refractivity contribution is 5.95. The first-order chi connectivity index (χ1) is 13.8. The zero-order valence-corrected chi connectivity index (χ0v) is 16.7. The Bertz CT molecular complexity index is 959. The van der Waals surface area contributed by atoms with Crippen LogP contribution in [0.4, 0.5) is 14.5 Å². The number of ether oxygens (including phenoxy) is 1. The monoisotopic (exact) mass is 401 g/mol. The maximum absolute atomic E-state index is 13.4. The molecule has 0 bridgehead atoms. The summed E-state index contributed by atoms with van der Waals surface area (Å²) in [7, 11) is 0. The topological polar surface area (TPSA) is 47.4 Å². The van der Waals surface area contributed by atoms with E-state index in [1.54, 1.807) is 11.8 Å². The third-order valence-electron chi connectivity index (χ3n) is 6.26. The predicted molar refractivity (Wildman–Crippen MR) is 105 cm³/mol. The average Bonchev–Trinajstić information content (AvgIpc) is 3.37. The van der Waals surface area contributed by atoms with Crippen molar-refractivity contribution >= 4 is 11.6 Å². The van der Waals surface area contributed by atoms with Crippen LogP contribution in [0, 0.1) is 0 Å². The van der Waals surface area contributed by atoms with Crippen molar-refractivity contribution in [3.63, 3.8) is 0 Å². The number of benzene rings is 1. The summed E-state index contributed by atoms with van der Waals surface area (Å²) in [4.78, 5) is 14.1. The molecular weight excluding hydrogens is 376 g/mol. The third kappa shape index (κ3) is 3.30. The summed E-state index contributed by atoms with van der Waals surface area (Å²) in [6, 6.07) is 4.46. The lowest BCUT2D eigenvalue weighted by Crippen LogP contribution is -2.44. The van der Waals surface area contributed by atoms with Gasteiger partial charge < -0.3 is 9.64 Å². The molecule has 2 aromatic rings. The SMILES string of the molecule is CC(=O)N1c2ccc(-c3cnn(C4CC4)c3)c(OC3CC(F)(F)C3)c2CCC1C. The van der Waals surface area contributed by atoms with Crippen LogP contribution in [0.2, 0.25) is 0 Å². The van der Waals surface area contributed by atoms with Gasteiger partial charge >= 0.3 is 0 Å². The van der Waals surface area contributed by atoms with E-state index in [2.05, 4.69) is 5.10 Å². The molecule has 1 atom stereocenters. The summed E-state index contributed by atoms with van der Waals surface area (Å²) in [5, 5.41) is 4.48. The molecule has 2 fully saturated rings. The minimum Gasteiger partial charge on any atom is -0.489 e. The van der Waals surface area contributed by atoms with Crippen LogP contribution >= 0.6 is 0 Å². The normalized spacial score (nSPS) is 23.4. The first-order valence-corrected chi connectivity index (χ1v) is 10.4. The van der Waals surface area contributed by atoms with E-state index in [0.29, 0.717) is 11.8 Å². The molecule has 1 aromatic heterocycles. The predicted octanol–water partition coefficient (Wildman–Crippen LogP) is 4.75. The van der Waals surface area contributed by atoms with Gasteiger partial charge in [-0.2, -0.15) is 5.10 Å². The highest BCUT2D eigenvalue weighted by atomic mass is 19.3. The Hall–Kier alpha value is -2.44. The van der Waals surface area contributed by atoms with Gasteiger partial charge in [0.05, 0.1) is 17.9 Å². The summed E-state index contributed by atoms with van der Waals surface area (Å²) in [5.41, 5.74) is 3.55. The Balaban J connectivity index is 1.57. The summed E-state index contributed by atoms with van der Waals surface area (Å²) in [6.07, 6.45) is 6.65. The summed E-state index contributed by atoms with van der Waals surface area (Å²) in [5.74, 6) is -2.03. The van der Waals surface area contributed by atoms with Gasteiger partial charge in [0, 0.05) is 48.7 Å². The number of aromatic nitrogens is 2. The molecule has 0 N–H and O–H groups in total. The molecule has 29 heavy (non-hydrogen) atoms. The maximum atomic E-state index is 13.4. The number of hydrogen-bond acceptors (Lipinski definition) is 3. The number of alkyl halides is 2. The van der Waals surface area contributed by atoms with Crippen molar-refractivity contribution in [2.75, 3.05) is 4.90 Å². The molecule has 0 radical (unpaired) electrons. The van der Waals surface area contributed by atoms with Gasteiger partial charge in [-0.25, -0.2) is 8.78 Å². The quantitative estimate of drug-likeness (QED) is 0.743. The van der Waals surface area contributed by atoms with Gasteiger partial charge in [-0.3, -0.25) is 9.48 Å². The summed E-state index contributed by atoms with van der Waals surface area (Å²) in [6.45, 7) is 3.59. The number of anilines is 1. The Labute approximate surface area is 168 Å². The van der Waals surface area contributed by atoms with Crippen molar-refractivity contribution in [3.8, 4) is 16.9 Å². The molecule has 2 saturated carbocycles. The minimum absolute atomic E-state index is 0.0196. The molecule has 1 amide bonds. The van der Waals surface area contributed by atoms with E-state index >= 15 is 0 Å². The van der Waals surface area contributed by atoms with Gasteiger partial charge in [-0.05, 0) is 44.7 Å². The molecule has 2 aliphatic carbocycles. The van der Waals surface area contributed by atoms with Crippen molar-refractivity contribution in [2.45, 2.75) is 76.5 Å². The Morgan fingerprint density at radius 2 is 2.00 bits per heavy atom. The average molecular weight is 401 g/mol. The summed E-state index contributed by atoms with van der Waals surface area (Å²) < 4.78 is 35.0. The van der Waals surface area contributed by atoms with E-state index in [9.17, 15) is 13.6 Å². The van der Waals surface area contributed by atoms with Crippen molar-refractivity contribution in [1.29, 1.82) is 0 Å². The van der Waals surface area contributed by atoms with E-state index in [1.807, 2.05) is 36.1 Å². The van der Waals surface area contributed by atoms with Gasteiger partial charge in [0.2, 0.25) is 5.91 Å². The number of amides is 1. The van der Waals surface area contributed by atoms with Gasteiger partial charge in [-0.15, -0.1) is 0 Å². The molecule has 3 aliphatic rings. The molecular formula is C22H25F2N3O2. The lowest BCUT2D eigenvalue weighted by molar-refractivity contribution is -0.134. The van der Waals surface area contributed by atoms with Crippen molar-refractivity contribution in [3.05, 3.63) is 30.1 Å². The molecule has 1 aliphatic heterocycles. The van der Waals surface area contributed by atoms with Crippen LogP contribution in [0.1, 0.15) is 57.6 Å². The number of rotatable bonds is 4. The molecule has 5 rings (SSSR count). The van der Waals surface area contributed by atoms with Crippen LogP contribution in [0.3, 0.4) is 0 Å². The highest BCUT2D eigenvalue weighted by Crippen LogP contribution is 2.47. The smallest absolute Gasteiger partial charge is 0.255 e. The van der Waals surface area contributed by atoms with Crippen molar-refractivity contribution in [2.24, 2.45) is 0 Å². The van der Waals surface area contributed by atoms with Crippen LogP contribution in [0.15, 0.2) is 24.5 Å². The standard InChI is InChI=1S/C22H25F2N3O2/c1-13-3-6-19-20(27(13)14(2)28)8-7-18(15-11-25-26(12-15)16-4-5-16)21(19)29-17-9-22(23,24)10-17/h7-8,11-13,16-17H,3-6,9-10H2,1-2H3. The second-order valence-corrected chi connectivity index (χ2v) is 8.66. The van der Waals surface area contributed by atoms with Crippen LogP contribution in [0.25, 0.3) is 11.1 Å². The molecule has 0 saturated heterocycles. The van der Waals surface area contributed by atoms with Crippen LogP contribution in [-0.4, -0.2) is 33.8 Å². The molecule has 0 spiro atoms. The number of fused-ring (bicyclic) bond motifs is 1. The number of carbonyl (C=O) groups excluding carboxylic acids is 1. The lowest BCUT2D eigenvalue weighted by Gasteiger charge is -2.39. The maximum Gasteiger partial charge on any atom is 0.255 e. The van der Waals surface area contributed by atoms with Crippen LogP contribution < -0.4 is 9.64 Å². The van der Waals surface area contributed by atoms with E-state index in [0.717, 1.165) is 48.1 Å². The highest BCUT2D eigenvalue weighted by Gasteiger charge is 2.47. The fraction of sp³-hybridized carbons (Fsp3) is 0.545. The molecule has 2 heterocycles. The molecule has 1 unspecified atom stereocenters. The molecule has 154 valence electrons. The van der Waals surface area contributed by atoms with Crippen molar-refractivity contribution in [1.82, 2.24) is 9.78 Å². The van der Waals surface area contributed by atoms with E-state index < -0.39 is 12.0 Å². The van der Waals surface area contributed by atoms with E-state index in [-0.39, 0.29) is 24.8 Å².